The first-order valence-electron chi connectivity index (χ1n) is 11.4. The molecule has 2 fully saturated rings. The van der Waals surface area contributed by atoms with Crippen LogP contribution in [0.25, 0.3) is 0 Å². The summed E-state index contributed by atoms with van der Waals surface area (Å²) in [5, 5.41) is 12.2. The highest BCUT2D eigenvalue weighted by molar-refractivity contribution is 6.42. The van der Waals surface area contributed by atoms with Crippen LogP contribution >= 0.6 is 23.2 Å². The zero-order valence-corrected chi connectivity index (χ0v) is 20.4. The Hall–Kier alpha value is -1.57. The molecule has 2 heterocycles. The van der Waals surface area contributed by atoms with Crippen LogP contribution in [0.15, 0.2) is 42.5 Å². The highest BCUT2D eigenvalue weighted by Crippen LogP contribution is 2.32. The molecule has 2 aromatic rings. The number of halogens is 3. The van der Waals surface area contributed by atoms with Crippen molar-refractivity contribution in [2.45, 2.75) is 36.9 Å². The molecule has 2 saturated heterocycles. The van der Waals surface area contributed by atoms with Gasteiger partial charge in [0.2, 0.25) is 0 Å². The number of rotatable bonds is 7. The van der Waals surface area contributed by atoms with Crippen molar-refractivity contribution in [1.82, 2.24) is 4.90 Å². The molecule has 0 radical (unpaired) electrons. The van der Waals surface area contributed by atoms with E-state index in [9.17, 15) is 9.50 Å². The molecule has 4 rings (SSSR count). The first-order valence-corrected chi connectivity index (χ1v) is 12.1. The number of ether oxygens (including phenoxy) is 2. The van der Waals surface area contributed by atoms with Gasteiger partial charge in [-0.15, -0.1) is 0 Å². The quantitative estimate of drug-likeness (QED) is 0.582. The number of hydrogen-bond acceptors (Lipinski definition) is 5. The van der Waals surface area contributed by atoms with E-state index >= 15 is 0 Å². The van der Waals surface area contributed by atoms with E-state index in [1.165, 1.54) is 12.1 Å². The molecule has 2 aliphatic rings. The van der Waals surface area contributed by atoms with Gasteiger partial charge in [-0.1, -0.05) is 23.2 Å². The van der Waals surface area contributed by atoms with Gasteiger partial charge in [0, 0.05) is 51.6 Å². The smallest absolute Gasteiger partial charge is 0.123 e. The van der Waals surface area contributed by atoms with E-state index in [2.05, 4.69) is 9.80 Å². The van der Waals surface area contributed by atoms with Crippen molar-refractivity contribution < 1.29 is 19.0 Å². The highest BCUT2D eigenvalue weighted by Gasteiger charge is 2.39. The molecule has 0 spiro atoms. The van der Waals surface area contributed by atoms with Gasteiger partial charge in [0.05, 0.1) is 15.6 Å². The standard InChI is InChI=1S/C25H31Cl2FN2O3/c1-32-25(18-33-21-6-7-22(26)23(27)16-21)10-12-29(13-11-25)17-24(31)8-14-30(15-9-24)20-4-2-19(28)3-5-20/h2-7,16,31H,8-15,17-18H2,1H3. The van der Waals surface area contributed by atoms with Gasteiger partial charge in [0.25, 0.3) is 0 Å². The Kier molecular flexibility index (Phi) is 7.71. The van der Waals surface area contributed by atoms with Crippen molar-refractivity contribution in [3.63, 3.8) is 0 Å². The highest BCUT2D eigenvalue weighted by atomic mass is 35.5. The second-order valence-electron chi connectivity index (χ2n) is 9.22. The van der Waals surface area contributed by atoms with Crippen molar-refractivity contribution >= 4 is 28.9 Å². The number of methoxy groups -OCH3 is 1. The molecule has 0 unspecified atom stereocenters. The zero-order valence-electron chi connectivity index (χ0n) is 18.9. The number of nitrogens with zero attached hydrogens (tertiary/aromatic N) is 2. The average Bonchev–Trinajstić information content (AvgIpc) is 2.82. The van der Waals surface area contributed by atoms with Crippen LogP contribution in [0.1, 0.15) is 25.7 Å². The number of hydrogen-bond donors (Lipinski definition) is 1. The van der Waals surface area contributed by atoms with E-state index < -0.39 is 5.60 Å². The number of benzene rings is 2. The van der Waals surface area contributed by atoms with Crippen molar-refractivity contribution in [1.29, 1.82) is 0 Å². The molecular formula is C25H31Cl2FN2O3. The predicted molar refractivity (Wildman–Crippen MR) is 130 cm³/mol. The van der Waals surface area contributed by atoms with Gasteiger partial charge in [-0.05, 0) is 62.1 Å². The molecule has 2 aliphatic heterocycles. The number of anilines is 1. The fraction of sp³-hybridized carbons (Fsp3) is 0.520. The van der Waals surface area contributed by atoms with Gasteiger partial charge in [-0.2, -0.15) is 0 Å². The van der Waals surface area contributed by atoms with Crippen molar-refractivity contribution in [3.05, 3.63) is 58.3 Å². The van der Waals surface area contributed by atoms with Crippen molar-refractivity contribution in [2.75, 3.05) is 51.3 Å². The van der Waals surface area contributed by atoms with Gasteiger partial charge in [-0.25, -0.2) is 4.39 Å². The van der Waals surface area contributed by atoms with E-state index in [0.29, 0.717) is 41.8 Å². The lowest BCUT2D eigenvalue weighted by molar-refractivity contribution is -0.0961. The summed E-state index contributed by atoms with van der Waals surface area (Å²) < 4.78 is 25.1. The van der Waals surface area contributed by atoms with E-state index in [-0.39, 0.29) is 11.4 Å². The van der Waals surface area contributed by atoms with Crippen LogP contribution in [0.3, 0.4) is 0 Å². The minimum absolute atomic E-state index is 0.230. The van der Waals surface area contributed by atoms with Gasteiger partial charge < -0.3 is 24.4 Å². The second-order valence-corrected chi connectivity index (χ2v) is 10.0. The van der Waals surface area contributed by atoms with Crippen LogP contribution in [0.5, 0.6) is 5.75 Å². The monoisotopic (exact) mass is 496 g/mol. The first kappa shape index (κ1) is 24.6. The maximum atomic E-state index is 13.2. The number of likely N-dealkylation sites (tertiary alicyclic amines) is 1. The Morgan fingerprint density at radius 3 is 2.21 bits per heavy atom. The zero-order chi connectivity index (χ0) is 23.5. The van der Waals surface area contributed by atoms with Gasteiger partial charge >= 0.3 is 0 Å². The summed E-state index contributed by atoms with van der Waals surface area (Å²) >= 11 is 12.1. The van der Waals surface area contributed by atoms with E-state index in [1.54, 1.807) is 37.4 Å². The van der Waals surface area contributed by atoms with Crippen LogP contribution in [-0.4, -0.2) is 67.6 Å². The number of aliphatic hydroxyl groups is 1. The van der Waals surface area contributed by atoms with E-state index in [1.807, 2.05) is 0 Å². The van der Waals surface area contributed by atoms with Gasteiger partial charge in [0.1, 0.15) is 23.8 Å². The normalized spacial score (nSPS) is 20.6. The SMILES string of the molecule is COC1(COc2ccc(Cl)c(Cl)c2)CCN(CC2(O)CCN(c3ccc(F)cc3)CC2)CC1. The van der Waals surface area contributed by atoms with E-state index in [4.69, 9.17) is 32.7 Å². The Bertz CT molecular complexity index is 928. The Labute approximate surface area is 205 Å². The lowest BCUT2D eigenvalue weighted by atomic mass is 9.87. The summed E-state index contributed by atoms with van der Waals surface area (Å²) in [6.45, 7) is 4.28. The average molecular weight is 497 g/mol. The fourth-order valence-electron chi connectivity index (χ4n) is 4.71. The van der Waals surface area contributed by atoms with Crippen LogP contribution in [0.2, 0.25) is 10.0 Å². The van der Waals surface area contributed by atoms with Crippen LogP contribution in [0, 0.1) is 5.82 Å². The summed E-state index contributed by atoms with van der Waals surface area (Å²) in [5.74, 6) is 0.442. The third-order valence-electron chi connectivity index (χ3n) is 7.00. The first-order chi connectivity index (χ1) is 15.8. The minimum atomic E-state index is -0.708. The number of β-amino-alcohol motifs (C(OH)–C–C–N with tert-alkyl or cyclic N) is 1. The second kappa shape index (κ2) is 10.4. The summed E-state index contributed by atoms with van der Waals surface area (Å²) in [4.78, 5) is 4.53. The third-order valence-corrected chi connectivity index (χ3v) is 7.74. The molecule has 0 aromatic heterocycles. The van der Waals surface area contributed by atoms with E-state index in [0.717, 1.165) is 44.7 Å². The molecule has 0 aliphatic carbocycles. The fourth-order valence-corrected chi connectivity index (χ4v) is 5.00. The molecule has 33 heavy (non-hydrogen) atoms. The molecule has 0 bridgehead atoms. The topological polar surface area (TPSA) is 45.2 Å². The van der Waals surface area contributed by atoms with Crippen molar-refractivity contribution in [2.24, 2.45) is 0 Å². The summed E-state index contributed by atoms with van der Waals surface area (Å²) in [6, 6.07) is 11.8. The predicted octanol–water partition coefficient (Wildman–Crippen LogP) is 5.02. The maximum Gasteiger partial charge on any atom is 0.123 e. The molecule has 1 N–H and O–H groups in total. The van der Waals surface area contributed by atoms with Crippen LogP contribution in [-0.2, 0) is 4.74 Å². The lowest BCUT2D eigenvalue weighted by Crippen LogP contribution is -2.55. The Morgan fingerprint density at radius 1 is 0.939 bits per heavy atom. The molecule has 0 atom stereocenters. The van der Waals surface area contributed by atoms with Gasteiger partial charge in [0.15, 0.2) is 0 Å². The molecule has 2 aromatic carbocycles. The Morgan fingerprint density at radius 2 is 1.61 bits per heavy atom. The summed E-state index contributed by atoms with van der Waals surface area (Å²) in [7, 11) is 1.73. The van der Waals surface area contributed by atoms with Crippen LogP contribution < -0.4 is 9.64 Å². The summed E-state index contributed by atoms with van der Waals surface area (Å²) in [5.41, 5.74) is -0.0691. The van der Waals surface area contributed by atoms with Crippen molar-refractivity contribution in [3.8, 4) is 5.75 Å². The largest absolute Gasteiger partial charge is 0.491 e. The third kappa shape index (κ3) is 6.11. The Balaban J connectivity index is 1.26. The number of piperidine rings is 2. The van der Waals surface area contributed by atoms with Gasteiger partial charge in [-0.3, -0.25) is 0 Å². The minimum Gasteiger partial charge on any atom is -0.491 e. The molecule has 180 valence electrons. The molecular weight excluding hydrogens is 466 g/mol. The maximum absolute atomic E-state index is 13.2. The molecule has 8 heteroatoms. The molecule has 0 saturated carbocycles. The molecule has 0 amide bonds. The van der Waals surface area contributed by atoms with Crippen LogP contribution in [0.4, 0.5) is 10.1 Å². The molecule has 5 nitrogen and oxygen atoms in total. The lowest BCUT2D eigenvalue weighted by Gasteiger charge is -2.45. The summed E-state index contributed by atoms with van der Waals surface area (Å²) in [6.07, 6.45) is 3.03.